The number of hydrogen-bond donors (Lipinski definition) is 1. The van der Waals surface area contributed by atoms with Gasteiger partial charge in [-0.25, -0.2) is 0 Å². The summed E-state index contributed by atoms with van der Waals surface area (Å²) in [5.74, 6) is 0. The Labute approximate surface area is 132 Å². The highest BCUT2D eigenvalue weighted by atomic mass is 15.2. The second-order valence-electron chi connectivity index (χ2n) is 8.07. The lowest BCUT2D eigenvalue weighted by atomic mass is 9.79. The van der Waals surface area contributed by atoms with Crippen molar-refractivity contribution in [3.63, 3.8) is 0 Å². The normalized spacial score (nSPS) is 27.1. The molecule has 0 heterocycles. The molecular weight excluding hydrogens is 256 g/mol. The predicted molar refractivity (Wildman–Crippen MR) is 90.7 cm³/mol. The molecule has 0 aromatic carbocycles. The topological polar surface area (TPSA) is 15.3 Å². The standard InChI is InChI=1S/C19H36N2/c1-2-21(18-9-5-6-10-18)16-19(15-20-17-11-12-17)13-7-3-4-8-14-19/h17-18,20H,2-16H2,1H3. The second kappa shape index (κ2) is 7.46. The SMILES string of the molecule is CCN(CC1(CNC2CC2)CCCCCC1)C1CCCC1. The van der Waals surface area contributed by atoms with E-state index >= 15 is 0 Å². The first-order chi connectivity index (χ1) is 10.3. The summed E-state index contributed by atoms with van der Waals surface area (Å²) in [6.07, 6.45) is 17.5. The Bertz CT molecular complexity index is 297. The van der Waals surface area contributed by atoms with Crippen molar-refractivity contribution in [1.82, 2.24) is 10.2 Å². The Hall–Kier alpha value is -0.0800. The van der Waals surface area contributed by atoms with Crippen molar-refractivity contribution < 1.29 is 0 Å². The molecule has 1 N–H and O–H groups in total. The highest BCUT2D eigenvalue weighted by Gasteiger charge is 2.36. The minimum atomic E-state index is 0.581. The first-order valence-electron chi connectivity index (χ1n) is 9.79. The summed E-state index contributed by atoms with van der Waals surface area (Å²) in [7, 11) is 0. The van der Waals surface area contributed by atoms with Gasteiger partial charge >= 0.3 is 0 Å². The summed E-state index contributed by atoms with van der Waals surface area (Å²) >= 11 is 0. The van der Waals surface area contributed by atoms with Crippen molar-refractivity contribution in [2.45, 2.75) is 96.1 Å². The molecule has 0 aromatic rings. The largest absolute Gasteiger partial charge is 0.313 e. The van der Waals surface area contributed by atoms with E-state index in [1.165, 1.54) is 96.7 Å². The van der Waals surface area contributed by atoms with Crippen LogP contribution in [0.1, 0.15) is 84.0 Å². The molecule has 0 bridgehead atoms. The number of nitrogens with zero attached hydrogens (tertiary/aromatic N) is 1. The molecule has 3 aliphatic carbocycles. The van der Waals surface area contributed by atoms with E-state index in [1.54, 1.807) is 0 Å². The third kappa shape index (κ3) is 4.45. The molecule has 0 aromatic heterocycles. The van der Waals surface area contributed by atoms with Crippen LogP contribution in [0, 0.1) is 5.41 Å². The van der Waals surface area contributed by atoms with E-state index < -0.39 is 0 Å². The van der Waals surface area contributed by atoms with Crippen LogP contribution in [0.2, 0.25) is 0 Å². The number of rotatable bonds is 7. The average molecular weight is 293 g/mol. The van der Waals surface area contributed by atoms with E-state index in [2.05, 4.69) is 17.1 Å². The molecular formula is C19H36N2. The number of hydrogen-bond acceptors (Lipinski definition) is 2. The van der Waals surface area contributed by atoms with Crippen molar-refractivity contribution in [2.75, 3.05) is 19.6 Å². The monoisotopic (exact) mass is 292 g/mol. The molecule has 122 valence electrons. The minimum absolute atomic E-state index is 0.581. The van der Waals surface area contributed by atoms with Crippen molar-refractivity contribution in [3.8, 4) is 0 Å². The third-order valence-corrected chi connectivity index (χ3v) is 6.29. The summed E-state index contributed by atoms with van der Waals surface area (Å²) in [5.41, 5.74) is 0.581. The van der Waals surface area contributed by atoms with Gasteiger partial charge in [0.2, 0.25) is 0 Å². The predicted octanol–water partition coefficient (Wildman–Crippen LogP) is 4.34. The Morgan fingerprint density at radius 2 is 1.57 bits per heavy atom. The molecule has 0 radical (unpaired) electrons. The number of nitrogens with one attached hydrogen (secondary N) is 1. The van der Waals surface area contributed by atoms with Crippen LogP contribution in [0.15, 0.2) is 0 Å². The van der Waals surface area contributed by atoms with Crippen LogP contribution in [-0.2, 0) is 0 Å². The van der Waals surface area contributed by atoms with Crippen molar-refractivity contribution in [3.05, 3.63) is 0 Å². The van der Waals surface area contributed by atoms with Crippen LogP contribution >= 0.6 is 0 Å². The van der Waals surface area contributed by atoms with E-state index in [9.17, 15) is 0 Å². The van der Waals surface area contributed by atoms with E-state index in [1.807, 2.05) is 0 Å². The van der Waals surface area contributed by atoms with Crippen molar-refractivity contribution in [1.29, 1.82) is 0 Å². The fraction of sp³-hybridized carbons (Fsp3) is 1.00. The Morgan fingerprint density at radius 3 is 2.14 bits per heavy atom. The fourth-order valence-corrected chi connectivity index (χ4v) is 4.72. The minimum Gasteiger partial charge on any atom is -0.313 e. The van der Waals surface area contributed by atoms with Gasteiger partial charge < -0.3 is 10.2 Å². The van der Waals surface area contributed by atoms with Crippen molar-refractivity contribution >= 4 is 0 Å². The summed E-state index contributed by atoms with van der Waals surface area (Å²) in [6, 6.07) is 1.77. The van der Waals surface area contributed by atoms with Crippen LogP contribution in [0.4, 0.5) is 0 Å². The molecule has 0 spiro atoms. The van der Waals surface area contributed by atoms with Gasteiger partial charge in [0.15, 0.2) is 0 Å². The van der Waals surface area contributed by atoms with Crippen LogP contribution in [0.3, 0.4) is 0 Å². The van der Waals surface area contributed by atoms with Gasteiger partial charge in [0.1, 0.15) is 0 Å². The summed E-state index contributed by atoms with van der Waals surface area (Å²) < 4.78 is 0. The molecule has 0 unspecified atom stereocenters. The molecule has 2 heteroatoms. The van der Waals surface area contributed by atoms with E-state index in [4.69, 9.17) is 0 Å². The quantitative estimate of drug-likeness (QED) is 0.702. The Balaban J connectivity index is 1.63. The lowest BCUT2D eigenvalue weighted by molar-refractivity contribution is 0.0977. The van der Waals surface area contributed by atoms with Gasteiger partial charge in [-0.05, 0) is 50.5 Å². The molecule has 0 aliphatic heterocycles. The summed E-state index contributed by atoms with van der Waals surface area (Å²) in [6.45, 7) is 6.31. The molecule has 3 fully saturated rings. The lowest BCUT2D eigenvalue weighted by Crippen LogP contribution is -2.47. The first-order valence-corrected chi connectivity index (χ1v) is 9.79. The van der Waals surface area contributed by atoms with Crippen molar-refractivity contribution in [2.24, 2.45) is 5.41 Å². The van der Waals surface area contributed by atoms with Gasteiger partial charge in [-0.3, -0.25) is 0 Å². The summed E-state index contributed by atoms with van der Waals surface area (Å²) in [4.78, 5) is 2.85. The second-order valence-corrected chi connectivity index (χ2v) is 8.07. The van der Waals surface area contributed by atoms with E-state index in [-0.39, 0.29) is 0 Å². The zero-order valence-corrected chi connectivity index (χ0v) is 14.2. The molecule has 3 aliphatic rings. The molecule has 0 saturated heterocycles. The maximum absolute atomic E-state index is 3.89. The van der Waals surface area contributed by atoms with Crippen LogP contribution < -0.4 is 5.32 Å². The Kier molecular flexibility index (Phi) is 5.61. The van der Waals surface area contributed by atoms with Gasteiger partial charge in [-0.1, -0.05) is 45.4 Å². The zero-order valence-electron chi connectivity index (χ0n) is 14.2. The van der Waals surface area contributed by atoms with Crippen LogP contribution in [0.25, 0.3) is 0 Å². The third-order valence-electron chi connectivity index (χ3n) is 6.29. The maximum Gasteiger partial charge on any atom is 0.00953 e. The molecule has 3 saturated carbocycles. The molecule has 3 rings (SSSR count). The smallest absolute Gasteiger partial charge is 0.00953 e. The highest BCUT2D eigenvalue weighted by molar-refractivity contribution is 4.92. The fourth-order valence-electron chi connectivity index (χ4n) is 4.72. The Morgan fingerprint density at radius 1 is 0.905 bits per heavy atom. The molecule has 0 amide bonds. The van der Waals surface area contributed by atoms with Crippen LogP contribution in [0.5, 0.6) is 0 Å². The van der Waals surface area contributed by atoms with Gasteiger partial charge in [0.05, 0.1) is 0 Å². The lowest BCUT2D eigenvalue weighted by Gasteiger charge is -2.40. The molecule has 0 atom stereocenters. The molecule has 21 heavy (non-hydrogen) atoms. The van der Waals surface area contributed by atoms with E-state index in [0.29, 0.717) is 5.41 Å². The van der Waals surface area contributed by atoms with Crippen LogP contribution in [-0.4, -0.2) is 36.6 Å². The first kappa shape index (κ1) is 15.8. The highest BCUT2D eigenvalue weighted by Crippen LogP contribution is 2.38. The van der Waals surface area contributed by atoms with Gasteiger partial charge in [0, 0.05) is 25.2 Å². The molecule has 2 nitrogen and oxygen atoms in total. The zero-order chi connectivity index (χ0) is 14.5. The van der Waals surface area contributed by atoms with Gasteiger partial charge in [0.25, 0.3) is 0 Å². The van der Waals surface area contributed by atoms with Gasteiger partial charge in [-0.2, -0.15) is 0 Å². The van der Waals surface area contributed by atoms with Gasteiger partial charge in [-0.15, -0.1) is 0 Å². The summed E-state index contributed by atoms with van der Waals surface area (Å²) in [5, 5.41) is 3.89. The average Bonchev–Trinajstić information content (AvgIpc) is 3.24. The van der Waals surface area contributed by atoms with E-state index in [0.717, 1.165) is 12.1 Å². The maximum atomic E-state index is 3.89.